The number of hydrogen-bond donors (Lipinski definition) is 2. The largest absolute Gasteiger partial charge is 0.396 e. The number of aliphatic hydroxyl groups is 1. The fourth-order valence-electron chi connectivity index (χ4n) is 1.96. The molecule has 0 amide bonds. The summed E-state index contributed by atoms with van der Waals surface area (Å²) in [6.07, 6.45) is 3.90. The number of nitrogens with zero attached hydrogens (tertiary/aromatic N) is 2. The molecule has 0 aliphatic rings. The van der Waals surface area contributed by atoms with E-state index in [1.54, 1.807) is 0 Å². The van der Waals surface area contributed by atoms with Crippen molar-refractivity contribution in [3.63, 3.8) is 0 Å². The van der Waals surface area contributed by atoms with Gasteiger partial charge in [-0.25, -0.2) is 0 Å². The van der Waals surface area contributed by atoms with Crippen LogP contribution in [0.15, 0.2) is 6.20 Å². The topological polar surface area (TPSA) is 50.1 Å². The molecule has 0 aliphatic carbocycles. The van der Waals surface area contributed by atoms with Crippen molar-refractivity contribution in [2.75, 3.05) is 13.2 Å². The van der Waals surface area contributed by atoms with Gasteiger partial charge in [0.2, 0.25) is 0 Å². The predicted molar refractivity (Wildman–Crippen MR) is 69.8 cm³/mol. The number of aryl methyl sites for hydroxylation is 1. The summed E-state index contributed by atoms with van der Waals surface area (Å²) in [5.41, 5.74) is 2.45. The Balaban J connectivity index is 2.49. The molecule has 0 unspecified atom stereocenters. The molecule has 0 fully saturated rings. The van der Waals surface area contributed by atoms with Gasteiger partial charge in [-0.3, -0.25) is 4.68 Å². The number of aliphatic hydroxyl groups excluding tert-OH is 1. The zero-order valence-corrected chi connectivity index (χ0v) is 11.5. The van der Waals surface area contributed by atoms with Gasteiger partial charge in [0.25, 0.3) is 0 Å². The fraction of sp³-hybridized carbons (Fsp3) is 0.769. The van der Waals surface area contributed by atoms with E-state index in [2.05, 4.69) is 31.2 Å². The highest BCUT2D eigenvalue weighted by Crippen LogP contribution is 2.24. The Morgan fingerprint density at radius 2 is 2.06 bits per heavy atom. The summed E-state index contributed by atoms with van der Waals surface area (Å²) in [5.74, 6) is 0. The van der Waals surface area contributed by atoms with Crippen LogP contribution in [0.5, 0.6) is 0 Å². The van der Waals surface area contributed by atoms with Crippen molar-refractivity contribution in [2.45, 2.75) is 40.2 Å². The first-order valence-electron chi connectivity index (χ1n) is 6.37. The van der Waals surface area contributed by atoms with Crippen molar-refractivity contribution < 1.29 is 5.11 Å². The van der Waals surface area contributed by atoms with Crippen molar-refractivity contribution in [1.82, 2.24) is 15.1 Å². The quantitative estimate of drug-likeness (QED) is 0.760. The minimum atomic E-state index is 0.0239. The zero-order valence-electron chi connectivity index (χ0n) is 11.5. The van der Waals surface area contributed by atoms with E-state index >= 15 is 0 Å². The highest BCUT2D eigenvalue weighted by molar-refractivity contribution is 5.15. The minimum Gasteiger partial charge on any atom is -0.396 e. The van der Waals surface area contributed by atoms with Crippen molar-refractivity contribution in [2.24, 2.45) is 12.5 Å². The lowest BCUT2D eigenvalue weighted by molar-refractivity contribution is 0.113. The summed E-state index contributed by atoms with van der Waals surface area (Å²) in [6.45, 7) is 8.27. The molecule has 0 saturated carbocycles. The molecule has 17 heavy (non-hydrogen) atoms. The molecule has 1 heterocycles. The number of hydrogen-bond acceptors (Lipinski definition) is 3. The molecule has 2 N–H and O–H groups in total. The molecule has 0 aromatic carbocycles. The van der Waals surface area contributed by atoms with Gasteiger partial charge in [0.05, 0.1) is 6.20 Å². The molecule has 1 aromatic rings. The zero-order chi connectivity index (χ0) is 12.9. The molecular weight excluding hydrogens is 214 g/mol. The third-order valence-corrected chi connectivity index (χ3v) is 3.99. The Kier molecular flexibility index (Phi) is 5.15. The molecular formula is C13H25N3O. The first-order chi connectivity index (χ1) is 8.08. The van der Waals surface area contributed by atoms with Gasteiger partial charge in [-0.1, -0.05) is 13.8 Å². The predicted octanol–water partition coefficient (Wildman–Crippen LogP) is 1.62. The maximum absolute atomic E-state index is 9.48. The maximum atomic E-state index is 9.48. The van der Waals surface area contributed by atoms with Gasteiger partial charge in [-0.2, -0.15) is 5.10 Å². The molecule has 1 rings (SSSR count). The summed E-state index contributed by atoms with van der Waals surface area (Å²) >= 11 is 0. The second-order valence-corrected chi connectivity index (χ2v) is 4.85. The highest BCUT2D eigenvalue weighted by atomic mass is 16.3. The van der Waals surface area contributed by atoms with Crippen LogP contribution in [0.25, 0.3) is 0 Å². The number of nitrogens with one attached hydrogen (secondary N) is 1. The maximum Gasteiger partial charge on any atom is 0.0537 e. The molecule has 0 saturated heterocycles. The number of aromatic nitrogens is 2. The average molecular weight is 239 g/mol. The molecule has 0 atom stereocenters. The summed E-state index contributed by atoms with van der Waals surface area (Å²) in [4.78, 5) is 0. The van der Waals surface area contributed by atoms with Crippen LogP contribution in [0.2, 0.25) is 0 Å². The molecule has 1 aromatic heterocycles. The van der Waals surface area contributed by atoms with Crippen LogP contribution in [0, 0.1) is 12.3 Å². The fourth-order valence-corrected chi connectivity index (χ4v) is 1.96. The van der Waals surface area contributed by atoms with Crippen LogP contribution in [0.3, 0.4) is 0 Å². The Hall–Kier alpha value is -0.870. The normalized spacial score (nSPS) is 12.1. The number of rotatable bonds is 7. The van der Waals surface area contributed by atoms with Gasteiger partial charge in [-0.15, -0.1) is 0 Å². The van der Waals surface area contributed by atoms with E-state index in [1.165, 1.54) is 11.3 Å². The van der Waals surface area contributed by atoms with Crippen LogP contribution >= 0.6 is 0 Å². The van der Waals surface area contributed by atoms with E-state index in [4.69, 9.17) is 0 Å². The molecule has 0 spiro atoms. The third-order valence-electron chi connectivity index (χ3n) is 3.99. The van der Waals surface area contributed by atoms with Gasteiger partial charge in [0.15, 0.2) is 0 Å². The van der Waals surface area contributed by atoms with Crippen molar-refractivity contribution in [3.8, 4) is 0 Å². The van der Waals surface area contributed by atoms with Gasteiger partial charge in [0.1, 0.15) is 0 Å². The molecule has 4 nitrogen and oxygen atoms in total. The van der Waals surface area contributed by atoms with Gasteiger partial charge in [-0.05, 0) is 19.8 Å². The lowest BCUT2D eigenvalue weighted by atomic mass is 9.83. The van der Waals surface area contributed by atoms with Crippen molar-refractivity contribution >= 4 is 0 Å². The Bertz CT molecular complexity index is 334. The van der Waals surface area contributed by atoms with Gasteiger partial charge >= 0.3 is 0 Å². The lowest BCUT2D eigenvalue weighted by Crippen LogP contribution is -2.36. The highest BCUT2D eigenvalue weighted by Gasteiger charge is 2.24. The van der Waals surface area contributed by atoms with Crippen LogP contribution in [-0.2, 0) is 13.6 Å². The second-order valence-electron chi connectivity index (χ2n) is 4.85. The third kappa shape index (κ3) is 3.30. The van der Waals surface area contributed by atoms with E-state index in [0.29, 0.717) is 0 Å². The SMILES string of the molecule is CCC(CC)(CO)CNCc1cnn(C)c1C. The van der Waals surface area contributed by atoms with Gasteiger partial charge in [0, 0.05) is 43.4 Å². The molecule has 0 radical (unpaired) electrons. The van der Waals surface area contributed by atoms with Crippen LogP contribution in [0.4, 0.5) is 0 Å². The van der Waals surface area contributed by atoms with Crippen LogP contribution in [0.1, 0.15) is 37.9 Å². The Morgan fingerprint density at radius 3 is 2.47 bits per heavy atom. The first kappa shape index (κ1) is 14.2. The van der Waals surface area contributed by atoms with Crippen LogP contribution in [-0.4, -0.2) is 28.0 Å². The summed E-state index contributed by atoms with van der Waals surface area (Å²) in [7, 11) is 1.95. The average Bonchev–Trinajstić information content (AvgIpc) is 2.67. The van der Waals surface area contributed by atoms with Crippen molar-refractivity contribution in [3.05, 3.63) is 17.5 Å². The van der Waals surface area contributed by atoms with Crippen molar-refractivity contribution in [1.29, 1.82) is 0 Å². The minimum absolute atomic E-state index is 0.0239. The molecule has 4 heteroatoms. The lowest BCUT2D eigenvalue weighted by Gasteiger charge is -2.29. The van der Waals surface area contributed by atoms with E-state index in [9.17, 15) is 5.11 Å². The van der Waals surface area contributed by atoms with E-state index < -0.39 is 0 Å². The second kappa shape index (κ2) is 6.17. The Labute approximate surface area is 104 Å². The Morgan fingerprint density at radius 1 is 1.41 bits per heavy atom. The molecule has 98 valence electrons. The summed E-state index contributed by atoms with van der Waals surface area (Å²) in [6, 6.07) is 0. The molecule has 0 aliphatic heterocycles. The van der Waals surface area contributed by atoms with Gasteiger partial charge < -0.3 is 10.4 Å². The smallest absolute Gasteiger partial charge is 0.0537 e. The van der Waals surface area contributed by atoms with Crippen LogP contribution < -0.4 is 5.32 Å². The molecule has 0 bridgehead atoms. The van der Waals surface area contributed by atoms with E-state index in [-0.39, 0.29) is 12.0 Å². The summed E-state index contributed by atoms with van der Waals surface area (Å²) < 4.78 is 1.88. The van der Waals surface area contributed by atoms with E-state index in [1.807, 2.05) is 17.9 Å². The first-order valence-corrected chi connectivity index (χ1v) is 6.37. The van der Waals surface area contributed by atoms with E-state index in [0.717, 1.165) is 25.9 Å². The standard InChI is InChI=1S/C13H25N3O/c1-5-13(6-2,10-17)9-14-7-12-8-15-16(4)11(12)3/h8,14,17H,5-7,9-10H2,1-4H3. The monoisotopic (exact) mass is 239 g/mol. The summed E-state index contributed by atoms with van der Waals surface area (Å²) in [5, 5.41) is 17.1.